The molecule has 0 aliphatic heterocycles. The van der Waals surface area contributed by atoms with Crippen molar-refractivity contribution in [2.75, 3.05) is 40.3 Å². The van der Waals surface area contributed by atoms with Gasteiger partial charge in [0, 0.05) is 31.9 Å². The molecule has 0 saturated heterocycles. The molecule has 0 aromatic carbocycles. The number of carbonyl (C=O) groups is 2. The van der Waals surface area contributed by atoms with E-state index < -0.39 is 111 Å². The van der Waals surface area contributed by atoms with Gasteiger partial charge in [-0.1, -0.05) is 0 Å². The minimum absolute atomic E-state index is 0.295. The second-order valence-corrected chi connectivity index (χ2v) is 11.3. The van der Waals surface area contributed by atoms with Crippen molar-refractivity contribution in [2.24, 2.45) is 0 Å². The lowest BCUT2D eigenvalue weighted by Gasteiger charge is -2.41. The molecule has 0 bridgehead atoms. The van der Waals surface area contributed by atoms with Crippen LogP contribution in [0.25, 0.3) is 0 Å². The molecule has 0 amide bonds. The maximum atomic E-state index is 14.5. The van der Waals surface area contributed by atoms with Crippen LogP contribution in [0, 0.1) is 0 Å². The van der Waals surface area contributed by atoms with E-state index in [0.717, 1.165) is 0 Å². The average Bonchev–Trinajstić information content (AvgIpc) is 2.78. The molecule has 8 nitrogen and oxygen atoms in total. The zero-order valence-corrected chi connectivity index (χ0v) is 21.7. The number of hydrogen-bond donors (Lipinski definition) is 1. The van der Waals surface area contributed by atoms with Gasteiger partial charge in [-0.3, -0.25) is 4.79 Å². The summed E-state index contributed by atoms with van der Waals surface area (Å²) in [4.78, 5) is 21.3. The van der Waals surface area contributed by atoms with Crippen LogP contribution in [0.1, 0.15) is 19.3 Å². The highest BCUT2D eigenvalue weighted by molar-refractivity contribution is 7.90. The van der Waals surface area contributed by atoms with E-state index in [4.69, 9.17) is 5.11 Å². The second-order valence-electron chi connectivity index (χ2n) is 9.29. The molecule has 0 fully saturated rings. The van der Waals surface area contributed by atoms with E-state index >= 15 is 0 Å². The standard InChI is InChI=1S/C18H21F15N2O6S/c1-35(2,9-5-11(38)39)8-3-6-34(7-4-10(36)37)42(40,41)18(32,33)16(27,28)14(23,24)12(19,20)13(21,22)15(25,26)17(29,30)31/h3-9H2,1-2H3,(H-,36,37,38,39). The summed E-state index contributed by atoms with van der Waals surface area (Å²) in [6, 6.07) is 0. The number of hydrogen-bond acceptors (Lipinski definition) is 5. The molecular formula is C18H21F15N2O6S. The maximum Gasteiger partial charge on any atom is 0.460 e. The van der Waals surface area contributed by atoms with Crippen LogP contribution in [-0.4, -0.2) is 116 Å². The Balaban J connectivity index is 6.69. The van der Waals surface area contributed by atoms with Gasteiger partial charge >= 0.3 is 47.0 Å². The Morgan fingerprint density at radius 1 is 0.690 bits per heavy atom. The highest BCUT2D eigenvalue weighted by atomic mass is 32.2. The second kappa shape index (κ2) is 12.0. The van der Waals surface area contributed by atoms with Crippen molar-refractivity contribution in [3.8, 4) is 0 Å². The van der Waals surface area contributed by atoms with Crippen molar-refractivity contribution < 1.29 is 98.6 Å². The number of nitrogens with zero attached hydrogens (tertiary/aromatic N) is 2. The SMILES string of the molecule is C[N+](C)(CCCN(CCC(=O)O)S(=O)(=O)C(F)(F)C(F)(F)C(F)(F)C(F)(F)C(F)(F)C(F)(F)C(F)(F)F)CCC(=O)[O-]. The lowest BCUT2D eigenvalue weighted by Crippen LogP contribution is -2.73. The molecule has 0 aromatic rings. The van der Waals surface area contributed by atoms with Crippen LogP contribution in [0.4, 0.5) is 65.9 Å². The molecule has 0 atom stereocenters. The van der Waals surface area contributed by atoms with E-state index in [2.05, 4.69) is 0 Å². The number of sulfonamides is 1. The number of quaternary nitrogens is 1. The van der Waals surface area contributed by atoms with Crippen LogP contribution in [0.2, 0.25) is 0 Å². The van der Waals surface area contributed by atoms with Gasteiger partial charge in [0.1, 0.15) is 0 Å². The highest BCUT2D eigenvalue weighted by Gasteiger charge is 2.94. The third kappa shape index (κ3) is 7.10. The van der Waals surface area contributed by atoms with Crippen LogP contribution in [-0.2, 0) is 19.6 Å². The predicted octanol–water partition coefficient (Wildman–Crippen LogP) is 3.03. The van der Waals surface area contributed by atoms with E-state index in [1.54, 1.807) is 0 Å². The smallest absolute Gasteiger partial charge is 0.460 e. The number of rotatable bonds is 17. The number of carboxylic acids is 2. The van der Waals surface area contributed by atoms with Gasteiger partial charge in [-0.05, 0) is 0 Å². The fourth-order valence-electron chi connectivity index (χ4n) is 3.03. The maximum absolute atomic E-state index is 14.5. The highest BCUT2D eigenvalue weighted by Crippen LogP contribution is 2.63. The Morgan fingerprint density at radius 3 is 1.48 bits per heavy atom. The molecule has 42 heavy (non-hydrogen) atoms. The van der Waals surface area contributed by atoms with E-state index in [0.29, 0.717) is 0 Å². The number of alkyl halides is 15. The topological polar surface area (TPSA) is 115 Å². The van der Waals surface area contributed by atoms with Gasteiger partial charge < -0.3 is 19.5 Å². The Morgan fingerprint density at radius 2 is 1.10 bits per heavy atom. The Labute approximate surface area is 226 Å². The van der Waals surface area contributed by atoms with Crippen molar-refractivity contribution >= 4 is 22.0 Å². The third-order valence-corrected chi connectivity index (χ3v) is 7.58. The van der Waals surface area contributed by atoms with Crippen LogP contribution in [0.15, 0.2) is 0 Å². The van der Waals surface area contributed by atoms with E-state index in [-0.39, 0.29) is 6.54 Å². The average molecular weight is 678 g/mol. The Kier molecular flexibility index (Phi) is 11.4. The zero-order chi connectivity index (χ0) is 34.2. The van der Waals surface area contributed by atoms with Crippen molar-refractivity contribution in [1.29, 1.82) is 0 Å². The zero-order valence-electron chi connectivity index (χ0n) is 20.9. The summed E-state index contributed by atoms with van der Waals surface area (Å²) in [6.45, 7) is -4.02. The van der Waals surface area contributed by atoms with Gasteiger partial charge in [0.15, 0.2) is 0 Å². The predicted molar refractivity (Wildman–Crippen MR) is 105 cm³/mol. The normalized spacial score (nSPS) is 15.3. The molecule has 1 N–H and O–H groups in total. The fraction of sp³-hybridized carbons (Fsp3) is 0.889. The Bertz CT molecular complexity index is 1090. The molecule has 0 saturated carbocycles. The summed E-state index contributed by atoms with van der Waals surface area (Å²) >= 11 is 0. The molecule has 0 unspecified atom stereocenters. The minimum Gasteiger partial charge on any atom is -0.550 e. The van der Waals surface area contributed by atoms with E-state index in [1.165, 1.54) is 14.1 Å². The lowest BCUT2D eigenvalue weighted by atomic mass is 9.94. The molecule has 24 heteroatoms. The summed E-state index contributed by atoms with van der Waals surface area (Å²) in [6.07, 6.45) is -10.8. The minimum atomic E-state index is -8.70. The number of aliphatic carboxylic acids is 2. The molecular weight excluding hydrogens is 657 g/mol. The number of halogens is 15. The molecule has 0 aromatic heterocycles. The summed E-state index contributed by atoms with van der Waals surface area (Å²) in [5.74, 6) is -46.1. The molecule has 0 spiro atoms. The van der Waals surface area contributed by atoms with Crippen LogP contribution in [0.5, 0.6) is 0 Å². The molecule has 0 heterocycles. The number of carbonyl (C=O) groups excluding carboxylic acids is 1. The van der Waals surface area contributed by atoms with Crippen molar-refractivity contribution in [1.82, 2.24) is 4.31 Å². The first-order chi connectivity index (χ1) is 18.2. The third-order valence-electron chi connectivity index (χ3n) is 5.63. The van der Waals surface area contributed by atoms with Crippen LogP contribution < -0.4 is 5.11 Å². The summed E-state index contributed by atoms with van der Waals surface area (Å²) in [7, 11) is -5.07. The fourth-order valence-corrected chi connectivity index (χ4v) is 4.51. The summed E-state index contributed by atoms with van der Waals surface area (Å²) < 4.78 is 225. The van der Waals surface area contributed by atoms with Crippen molar-refractivity contribution in [3.63, 3.8) is 0 Å². The molecule has 0 aliphatic carbocycles. The largest absolute Gasteiger partial charge is 0.550 e. The molecule has 0 rings (SSSR count). The van der Waals surface area contributed by atoms with Gasteiger partial charge in [0.2, 0.25) is 0 Å². The van der Waals surface area contributed by atoms with E-state index in [1.807, 2.05) is 0 Å². The first-order valence-corrected chi connectivity index (χ1v) is 12.2. The van der Waals surface area contributed by atoms with Gasteiger partial charge in [0.05, 0.1) is 33.6 Å². The number of carboxylic acid groups (broad SMARTS) is 2. The quantitative estimate of drug-likeness (QED) is 0.187. The lowest BCUT2D eigenvalue weighted by molar-refractivity contribution is -0.890. The van der Waals surface area contributed by atoms with Gasteiger partial charge in [-0.2, -0.15) is 70.2 Å². The molecule has 250 valence electrons. The van der Waals surface area contributed by atoms with Gasteiger partial charge in [-0.25, -0.2) is 8.42 Å². The van der Waals surface area contributed by atoms with Crippen LogP contribution in [0.3, 0.4) is 0 Å². The first kappa shape index (κ1) is 39.8. The van der Waals surface area contributed by atoms with Crippen molar-refractivity contribution in [2.45, 2.75) is 60.3 Å². The summed E-state index contributed by atoms with van der Waals surface area (Å²) in [5.41, 5.74) is 0. The monoisotopic (exact) mass is 678 g/mol. The molecule has 0 radical (unpaired) electrons. The van der Waals surface area contributed by atoms with Crippen molar-refractivity contribution in [3.05, 3.63) is 0 Å². The van der Waals surface area contributed by atoms with E-state index in [9.17, 15) is 89.0 Å². The van der Waals surface area contributed by atoms with Gasteiger partial charge in [0.25, 0.3) is 10.0 Å². The Hall–Kier alpha value is -2.24. The molecule has 0 aliphatic rings. The van der Waals surface area contributed by atoms with Crippen LogP contribution >= 0.6 is 0 Å². The summed E-state index contributed by atoms with van der Waals surface area (Å²) in [5, 5.41) is 11.5. The first-order valence-electron chi connectivity index (χ1n) is 10.8. The van der Waals surface area contributed by atoms with Gasteiger partial charge in [-0.15, -0.1) is 0 Å².